The Bertz CT molecular complexity index is 1630. The molecule has 0 aromatic heterocycles. The molecule has 0 saturated carbocycles. The molecule has 356 valence electrons. The Morgan fingerprint density at radius 2 is 1.00 bits per heavy atom. The Labute approximate surface area is 366 Å². The van der Waals surface area contributed by atoms with Crippen LogP contribution in [0.25, 0.3) is 0 Å². The minimum Gasteiger partial charge on any atom is -0.394 e. The summed E-state index contributed by atoms with van der Waals surface area (Å²) in [5.74, 6) is -4.32. The number of likely N-dealkylation sites (N-methyl/N-ethyl adjacent to an activating group) is 1. The van der Waals surface area contributed by atoms with Gasteiger partial charge in [-0.1, -0.05) is 0 Å². The van der Waals surface area contributed by atoms with E-state index in [0.717, 1.165) is 0 Å². The highest BCUT2D eigenvalue weighted by Gasteiger charge is 2.37. The summed E-state index contributed by atoms with van der Waals surface area (Å²) >= 11 is 0. The van der Waals surface area contributed by atoms with Gasteiger partial charge in [-0.2, -0.15) is 0 Å². The van der Waals surface area contributed by atoms with E-state index < -0.39 is 72.4 Å². The van der Waals surface area contributed by atoms with Crippen molar-refractivity contribution in [2.75, 3.05) is 60.0 Å². The topological polar surface area (TPSA) is 470 Å². The SMILES string of the molecule is CN(C)CC(=O)N1CCC[C@H]1C(=O)N[C@@H](CCC[NH+]=C(N)N)C(=O)N[C@@H](CCC[NH+]=C(N)N)C(=O)N[C@@H](CCC[NH+]=C(N)N)C(=O)N[C@@H](CO)C(=O)N[C@H](C=O)CCC[NH+]=C(N)N. The van der Waals surface area contributed by atoms with Crippen molar-refractivity contribution in [1.82, 2.24) is 36.4 Å². The van der Waals surface area contributed by atoms with Crippen molar-refractivity contribution in [3.05, 3.63) is 0 Å². The number of rotatable bonds is 30. The zero-order valence-corrected chi connectivity index (χ0v) is 36.4. The van der Waals surface area contributed by atoms with E-state index >= 15 is 0 Å². The molecule has 1 rings (SSSR count). The molecule has 1 saturated heterocycles. The predicted molar refractivity (Wildman–Crippen MR) is 230 cm³/mol. The molecule has 1 aliphatic heterocycles. The molecule has 0 aromatic carbocycles. The Hall–Kier alpha value is -6.51. The van der Waals surface area contributed by atoms with Crippen molar-refractivity contribution in [3.8, 4) is 0 Å². The number of carbonyl (C=O) groups is 7. The molecule has 0 aromatic rings. The van der Waals surface area contributed by atoms with Gasteiger partial charge in [-0.25, -0.2) is 0 Å². The van der Waals surface area contributed by atoms with Crippen LogP contribution >= 0.6 is 0 Å². The van der Waals surface area contributed by atoms with Crippen molar-refractivity contribution in [1.29, 1.82) is 0 Å². The van der Waals surface area contributed by atoms with Gasteiger partial charge in [0.2, 0.25) is 35.4 Å². The molecule has 0 spiro atoms. The summed E-state index contributed by atoms with van der Waals surface area (Å²) in [6.45, 7) is 0.530. The zero-order valence-electron chi connectivity index (χ0n) is 36.4. The van der Waals surface area contributed by atoms with Gasteiger partial charge in [0, 0.05) is 6.54 Å². The van der Waals surface area contributed by atoms with Gasteiger partial charge in [0.05, 0.1) is 45.4 Å². The first-order chi connectivity index (χ1) is 29.8. The van der Waals surface area contributed by atoms with Gasteiger partial charge in [0.15, 0.2) is 0 Å². The second-order valence-corrected chi connectivity index (χ2v) is 15.3. The molecule has 0 radical (unpaired) electrons. The highest BCUT2D eigenvalue weighted by atomic mass is 16.3. The third kappa shape index (κ3) is 22.8. The number of carbonyl (C=O) groups excluding carboxylic acids is 7. The van der Waals surface area contributed by atoms with Crippen LogP contribution in [0.3, 0.4) is 0 Å². The van der Waals surface area contributed by atoms with E-state index in [0.29, 0.717) is 45.1 Å². The van der Waals surface area contributed by atoms with Crippen molar-refractivity contribution in [2.45, 2.75) is 100 Å². The van der Waals surface area contributed by atoms with Crippen LogP contribution in [-0.2, 0) is 33.6 Å². The monoisotopic (exact) mass is 900 g/mol. The number of likely N-dealkylation sites (tertiary alicyclic amines) is 1. The molecular weight excluding hydrogens is 827 g/mol. The number of amides is 6. The van der Waals surface area contributed by atoms with E-state index in [4.69, 9.17) is 45.9 Å². The molecule has 63 heavy (non-hydrogen) atoms. The summed E-state index contributed by atoms with van der Waals surface area (Å²) in [6.07, 6.45) is 2.80. The first-order valence-corrected chi connectivity index (χ1v) is 20.8. The van der Waals surface area contributed by atoms with Crippen LogP contribution in [0.1, 0.15) is 64.2 Å². The fourth-order valence-corrected chi connectivity index (χ4v) is 6.41. The first kappa shape index (κ1) is 54.5. The van der Waals surface area contributed by atoms with Gasteiger partial charge in [0.1, 0.15) is 36.5 Å². The average Bonchev–Trinajstić information content (AvgIpc) is 3.71. The van der Waals surface area contributed by atoms with Crippen LogP contribution in [-0.4, -0.2) is 177 Å². The number of nitrogens with two attached hydrogens (primary N) is 8. The van der Waals surface area contributed by atoms with E-state index in [2.05, 4.69) is 46.6 Å². The van der Waals surface area contributed by atoms with E-state index in [9.17, 15) is 38.7 Å². The second-order valence-electron chi connectivity index (χ2n) is 15.3. The van der Waals surface area contributed by atoms with E-state index in [1.54, 1.807) is 19.0 Å². The first-order valence-electron chi connectivity index (χ1n) is 20.8. The summed E-state index contributed by atoms with van der Waals surface area (Å²) < 4.78 is 0. The number of aldehydes is 1. The minimum absolute atomic E-state index is 0.0110. The second kappa shape index (κ2) is 29.7. The number of hydrogen-bond acceptors (Lipinski definition) is 9. The fraction of sp³-hybridized carbons (Fsp3) is 0.694. The largest absolute Gasteiger partial charge is 0.394 e. The van der Waals surface area contributed by atoms with Crippen LogP contribution in [0.4, 0.5) is 0 Å². The summed E-state index contributed by atoms with van der Waals surface area (Å²) in [6, 6.07) is -7.17. The normalized spacial score (nSPS) is 15.6. The molecule has 6 amide bonds. The lowest BCUT2D eigenvalue weighted by Crippen LogP contribution is -2.78. The summed E-state index contributed by atoms with van der Waals surface area (Å²) in [5, 5.41) is 23.1. The van der Waals surface area contributed by atoms with Crippen molar-refractivity contribution < 1.29 is 58.6 Å². The summed E-state index contributed by atoms with van der Waals surface area (Å²) in [5.41, 5.74) is 43.9. The van der Waals surface area contributed by atoms with Gasteiger partial charge in [-0.3, -0.25) is 94.6 Å². The lowest BCUT2D eigenvalue weighted by molar-refractivity contribution is -0.460. The maximum atomic E-state index is 14.1. The molecule has 1 aliphatic rings. The van der Waals surface area contributed by atoms with Gasteiger partial charge >= 0.3 is 23.8 Å². The Morgan fingerprint density at radius 1 is 0.619 bits per heavy atom. The third-order valence-corrected chi connectivity index (χ3v) is 9.55. The maximum Gasteiger partial charge on any atom is 0.338 e. The van der Waals surface area contributed by atoms with Crippen molar-refractivity contribution in [2.24, 2.45) is 45.9 Å². The molecule has 27 heteroatoms. The minimum atomic E-state index is -1.53. The fourth-order valence-electron chi connectivity index (χ4n) is 6.41. The van der Waals surface area contributed by atoms with E-state index in [1.807, 2.05) is 0 Å². The highest BCUT2D eigenvalue weighted by molar-refractivity contribution is 5.96. The van der Waals surface area contributed by atoms with Crippen LogP contribution in [0.5, 0.6) is 0 Å². The Balaban J connectivity index is 3.40. The number of nitrogens with one attached hydrogen (secondary N) is 9. The number of aliphatic hydroxyl groups is 1. The maximum absolute atomic E-state index is 14.1. The molecule has 27 nitrogen and oxygen atoms in total. The van der Waals surface area contributed by atoms with Crippen LogP contribution in [0.15, 0.2) is 0 Å². The Kier molecular flexibility index (Phi) is 25.7. The molecule has 6 atom stereocenters. The number of hydrogen-bond donors (Lipinski definition) is 18. The summed E-state index contributed by atoms with van der Waals surface area (Å²) in [4.78, 5) is 107. The lowest BCUT2D eigenvalue weighted by atomic mass is 10.0. The van der Waals surface area contributed by atoms with Crippen LogP contribution < -0.4 is 92.4 Å². The third-order valence-electron chi connectivity index (χ3n) is 9.55. The lowest BCUT2D eigenvalue weighted by Gasteiger charge is -2.28. The average molecular weight is 900 g/mol. The van der Waals surface area contributed by atoms with E-state index in [1.165, 1.54) is 4.90 Å². The molecule has 0 bridgehead atoms. The zero-order chi connectivity index (χ0) is 47.5. The molecule has 0 unspecified atom stereocenters. The predicted octanol–water partition coefficient (Wildman–Crippen LogP) is -15.3. The quantitative estimate of drug-likeness (QED) is 0.0138. The number of aliphatic hydroxyl groups excluding tert-OH is 1. The molecular formula is C36H73N19O8+4. The standard InChI is InChI=1S/C36H69N19O8/c1-54(2)18-27(58)55-17-7-12-26(55)32(63)52-24(11-6-16-48-36(43)44)29(60)50-22(9-4-14-46-34(39)40)28(59)51-23(10-5-15-47-35(41)42)30(61)53-25(20-57)31(62)49-21(19-56)8-3-13-45-33(37)38/h19,21-26,57H,3-18,20H2,1-2H3,(H,49,62)(H,50,60)(H,51,59)(H,52,63)(H,53,61)(H4,37,38,45)(H4,39,40,46)(H4,41,42,47)(H4,43,44,48)/p+4/t21-,22-,23-,24-,25-,26-/m0/s1. The smallest absolute Gasteiger partial charge is 0.338 e. The van der Waals surface area contributed by atoms with Crippen LogP contribution in [0.2, 0.25) is 0 Å². The van der Waals surface area contributed by atoms with Gasteiger partial charge in [-0.05, 0) is 78.3 Å². The molecule has 1 heterocycles. The molecule has 1 fully saturated rings. The van der Waals surface area contributed by atoms with Gasteiger partial charge in [0.25, 0.3) is 0 Å². The van der Waals surface area contributed by atoms with Gasteiger partial charge < -0.3 is 46.3 Å². The summed E-state index contributed by atoms with van der Waals surface area (Å²) in [7, 11) is 3.47. The van der Waals surface area contributed by atoms with Crippen LogP contribution in [0, 0.1) is 0 Å². The van der Waals surface area contributed by atoms with E-state index in [-0.39, 0.29) is 94.4 Å². The van der Waals surface area contributed by atoms with Crippen molar-refractivity contribution in [3.63, 3.8) is 0 Å². The molecule has 26 N–H and O–H groups in total. The highest BCUT2D eigenvalue weighted by Crippen LogP contribution is 2.18. The van der Waals surface area contributed by atoms with Gasteiger partial charge in [-0.15, -0.1) is 0 Å². The number of guanidine groups is 4. The van der Waals surface area contributed by atoms with Crippen molar-refractivity contribution >= 4 is 65.6 Å². The number of nitrogens with zero attached hydrogens (tertiary/aromatic N) is 2. The molecule has 0 aliphatic carbocycles. The Morgan fingerprint density at radius 3 is 1.38 bits per heavy atom.